The van der Waals surface area contributed by atoms with Crippen LogP contribution in [-0.4, -0.2) is 24.5 Å². The lowest BCUT2D eigenvalue weighted by atomic mass is 10.2. The van der Waals surface area contributed by atoms with Gasteiger partial charge in [-0.1, -0.05) is 16.8 Å². The van der Waals surface area contributed by atoms with E-state index in [1.54, 1.807) is 12.5 Å². The first-order valence-electron chi connectivity index (χ1n) is 5.65. The quantitative estimate of drug-likeness (QED) is 0.496. The maximum atomic E-state index is 6.10. The fourth-order valence-electron chi connectivity index (χ4n) is 2.34. The van der Waals surface area contributed by atoms with E-state index >= 15 is 0 Å². The number of nitrogens with zero attached hydrogens (tertiary/aromatic N) is 5. The highest BCUT2D eigenvalue weighted by Gasteiger charge is 2.22. The molecule has 0 radical (unpaired) electrons. The molecule has 0 aliphatic carbocycles. The van der Waals surface area contributed by atoms with E-state index < -0.39 is 0 Å². The smallest absolute Gasteiger partial charge is 0.128 e. The van der Waals surface area contributed by atoms with Crippen LogP contribution in [0.5, 0.6) is 0 Å². The molecule has 0 atom stereocenters. The van der Waals surface area contributed by atoms with Crippen LogP contribution in [0.2, 0.25) is 5.02 Å². The number of aromatic nitrogens is 5. The fourth-order valence-corrected chi connectivity index (χ4v) is 2.93. The summed E-state index contributed by atoms with van der Waals surface area (Å²) in [7, 11) is 0. The Bertz CT molecular complexity index is 791. The zero-order chi connectivity index (χ0) is 13.0. The lowest BCUT2D eigenvalue weighted by Gasteiger charge is -2.09. The van der Waals surface area contributed by atoms with Gasteiger partial charge in [0, 0.05) is 11.4 Å². The fraction of sp³-hybridized carbons (Fsp3) is 0.0833. The van der Waals surface area contributed by atoms with Crippen LogP contribution in [-0.2, 0) is 6.42 Å². The highest BCUT2D eigenvalue weighted by atomic mass is 79.9. The summed E-state index contributed by atoms with van der Waals surface area (Å²) < 4.78 is 4.70. The zero-order valence-corrected chi connectivity index (χ0v) is 11.9. The predicted octanol–water partition coefficient (Wildman–Crippen LogP) is 2.77. The van der Waals surface area contributed by atoms with Crippen LogP contribution in [0.25, 0.3) is 11.4 Å². The third kappa shape index (κ3) is 1.56. The van der Waals surface area contributed by atoms with Gasteiger partial charge in [0.2, 0.25) is 0 Å². The molecule has 3 heterocycles. The van der Waals surface area contributed by atoms with Crippen molar-refractivity contribution in [2.45, 2.75) is 6.42 Å². The molecular weight excluding hydrogens is 330 g/mol. The molecule has 0 amide bonds. The van der Waals surface area contributed by atoms with Gasteiger partial charge in [-0.05, 0) is 34.1 Å². The van der Waals surface area contributed by atoms with Crippen molar-refractivity contribution in [3.63, 3.8) is 0 Å². The number of imidazole rings is 1. The summed E-state index contributed by atoms with van der Waals surface area (Å²) in [5, 5.41) is 8.81. The molecule has 2 aromatic heterocycles. The van der Waals surface area contributed by atoms with E-state index in [9.17, 15) is 0 Å². The molecule has 1 aliphatic rings. The zero-order valence-electron chi connectivity index (χ0n) is 9.59. The Morgan fingerprint density at radius 2 is 2.16 bits per heavy atom. The van der Waals surface area contributed by atoms with Crippen molar-refractivity contribution in [3.05, 3.63) is 51.7 Å². The Morgan fingerprint density at radius 3 is 3.05 bits per heavy atom. The van der Waals surface area contributed by atoms with Crippen molar-refractivity contribution in [2.24, 2.45) is 0 Å². The molecule has 7 heteroatoms. The van der Waals surface area contributed by atoms with Crippen LogP contribution in [0.1, 0.15) is 11.4 Å². The molecule has 0 fully saturated rings. The van der Waals surface area contributed by atoms with Crippen LogP contribution >= 0.6 is 27.5 Å². The van der Waals surface area contributed by atoms with Crippen LogP contribution in [0.15, 0.2) is 35.3 Å². The molecule has 0 saturated carbocycles. The largest absolute Gasteiger partial charge is 0.299 e. The summed E-state index contributed by atoms with van der Waals surface area (Å²) in [5.74, 6) is 0. The first-order valence-corrected chi connectivity index (χ1v) is 6.83. The maximum Gasteiger partial charge on any atom is 0.128 e. The minimum atomic E-state index is 0.669. The van der Waals surface area contributed by atoms with Crippen LogP contribution in [0.3, 0.4) is 0 Å². The topological polar surface area (TPSA) is 48.5 Å². The number of hydrogen-bond donors (Lipinski definition) is 0. The van der Waals surface area contributed by atoms with E-state index in [1.165, 1.54) is 0 Å². The molecule has 1 aliphatic heterocycles. The molecule has 5 nitrogen and oxygen atoms in total. The van der Waals surface area contributed by atoms with Gasteiger partial charge >= 0.3 is 0 Å². The number of hydrogen-bond acceptors (Lipinski definition) is 3. The first kappa shape index (κ1) is 11.2. The SMILES string of the molecule is Clc1ccc2c(c1)-n1nncc1Cc1c(Br)ncn1-2. The van der Waals surface area contributed by atoms with Crippen LogP contribution in [0, 0.1) is 0 Å². The average molecular weight is 337 g/mol. The van der Waals surface area contributed by atoms with E-state index in [0.29, 0.717) is 11.4 Å². The van der Waals surface area contributed by atoms with Gasteiger partial charge in [0.1, 0.15) is 10.9 Å². The highest BCUT2D eigenvalue weighted by Crippen LogP contribution is 2.31. The molecule has 19 heavy (non-hydrogen) atoms. The summed E-state index contributed by atoms with van der Waals surface area (Å²) in [6, 6.07) is 5.71. The predicted molar refractivity (Wildman–Crippen MR) is 74.0 cm³/mol. The standard InChI is InChI=1S/C12H7BrClN5/c13-12-11-4-8-5-16-17-19(8)10-3-7(14)1-2-9(10)18(11)6-15-12/h1-3,5-6H,4H2. The van der Waals surface area contributed by atoms with Crippen molar-refractivity contribution in [2.75, 3.05) is 0 Å². The second-order valence-corrected chi connectivity index (χ2v) is 5.49. The van der Waals surface area contributed by atoms with E-state index in [2.05, 4.69) is 31.2 Å². The summed E-state index contributed by atoms with van der Waals surface area (Å²) in [4.78, 5) is 4.32. The Morgan fingerprint density at radius 1 is 1.26 bits per heavy atom. The Hall–Kier alpha value is -1.66. The second-order valence-electron chi connectivity index (χ2n) is 4.30. The van der Waals surface area contributed by atoms with Crippen molar-refractivity contribution >= 4 is 27.5 Å². The van der Waals surface area contributed by atoms with Crippen molar-refractivity contribution < 1.29 is 0 Å². The summed E-state index contributed by atoms with van der Waals surface area (Å²) in [6.45, 7) is 0. The third-order valence-electron chi connectivity index (χ3n) is 3.21. The van der Waals surface area contributed by atoms with E-state index in [-0.39, 0.29) is 0 Å². The summed E-state index contributed by atoms with van der Waals surface area (Å²) in [6.07, 6.45) is 4.27. The van der Waals surface area contributed by atoms with Gasteiger partial charge in [0.25, 0.3) is 0 Å². The van der Waals surface area contributed by atoms with E-state index in [4.69, 9.17) is 11.6 Å². The maximum absolute atomic E-state index is 6.10. The van der Waals surface area contributed by atoms with Crippen LogP contribution < -0.4 is 0 Å². The van der Waals surface area contributed by atoms with Crippen molar-refractivity contribution in [3.8, 4) is 11.4 Å². The normalized spacial score (nSPS) is 12.5. The number of fused-ring (bicyclic) bond motifs is 5. The molecule has 4 rings (SSSR count). The molecule has 0 spiro atoms. The van der Waals surface area contributed by atoms with Crippen molar-refractivity contribution in [1.82, 2.24) is 24.5 Å². The number of rotatable bonds is 0. The van der Waals surface area contributed by atoms with Gasteiger partial charge in [0.15, 0.2) is 0 Å². The highest BCUT2D eigenvalue weighted by molar-refractivity contribution is 9.10. The molecule has 94 valence electrons. The minimum absolute atomic E-state index is 0.669. The lowest BCUT2D eigenvalue weighted by molar-refractivity contribution is 0.777. The average Bonchev–Trinajstić information content (AvgIpc) is 2.96. The molecule has 0 N–H and O–H groups in total. The van der Waals surface area contributed by atoms with Gasteiger partial charge in [-0.15, -0.1) is 5.10 Å². The van der Waals surface area contributed by atoms with Gasteiger partial charge in [-0.2, -0.15) is 0 Å². The molecule has 3 aromatic rings. The second kappa shape index (κ2) is 3.91. The molecule has 0 bridgehead atoms. The summed E-state index contributed by atoms with van der Waals surface area (Å²) in [5.41, 5.74) is 3.97. The monoisotopic (exact) mass is 335 g/mol. The van der Waals surface area contributed by atoms with Crippen molar-refractivity contribution in [1.29, 1.82) is 0 Å². The Balaban J connectivity index is 2.13. The van der Waals surface area contributed by atoms with Gasteiger partial charge in [-0.25, -0.2) is 9.67 Å². The lowest BCUT2D eigenvalue weighted by Crippen LogP contribution is -2.03. The Kier molecular flexibility index (Phi) is 2.31. The van der Waals surface area contributed by atoms with Gasteiger partial charge in [-0.3, -0.25) is 4.57 Å². The molecule has 0 saturated heterocycles. The number of halogens is 2. The third-order valence-corrected chi connectivity index (χ3v) is 4.11. The summed E-state index contributed by atoms with van der Waals surface area (Å²) >= 11 is 9.59. The minimum Gasteiger partial charge on any atom is -0.299 e. The molecular formula is C12H7BrClN5. The van der Waals surface area contributed by atoms with Gasteiger partial charge < -0.3 is 0 Å². The van der Waals surface area contributed by atoms with Gasteiger partial charge in [0.05, 0.1) is 29.0 Å². The number of benzene rings is 1. The van der Waals surface area contributed by atoms with E-state index in [1.807, 2.05) is 27.4 Å². The van der Waals surface area contributed by atoms with Crippen LogP contribution in [0.4, 0.5) is 0 Å². The molecule has 0 unspecified atom stereocenters. The Labute approximate surface area is 122 Å². The van der Waals surface area contributed by atoms with E-state index in [0.717, 1.165) is 27.4 Å². The molecule has 1 aromatic carbocycles. The first-order chi connectivity index (χ1) is 9.24.